The number of aliphatic imine (C=N–C) groups is 1. The van der Waals surface area contributed by atoms with Crippen LogP contribution in [0.4, 0.5) is 0 Å². The Kier molecular flexibility index (Phi) is 5.42. The van der Waals surface area contributed by atoms with E-state index < -0.39 is 0 Å². The minimum Gasteiger partial charge on any atom is -0.370 e. The van der Waals surface area contributed by atoms with E-state index in [1.165, 1.54) is 16.3 Å². The monoisotopic (exact) mass is 269 g/mol. The molecular formula is C17H23N3. The molecule has 3 heteroatoms. The molecule has 106 valence electrons. The first-order valence-corrected chi connectivity index (χ1v) is 7.31. The number of benzene rings is 2. The molecule has 0 atom stereocenters. The van der Waals surface area contributed by atoms with Gasteiger partial charge in [0.15, 0.2) is 5.96 Å². The van der Waals surface area contributed by atoms with Crippen LogP contribution in [0.1, 0.15) is 25.3 Å². The van der Waals surface area contributed by atoms with E-state index in [1.54, 1.807) is 0 Å². The lowest BCUT2D eigenvalue weighted by Crippen LogP contribution is -2.33. The maximum atomic E-state index is 5.81. The van der Waals surface area contributed by atoms with Gasteiger partial charge < -0.3 is 11.1 Å². The first kappa shape index (κ1) is 14.4. The van der Waals surface area contributed by atoms with Gasteiger partial charge in [-0.05, 0) is 29.2 Å². The number of nitrogens with one attached hydrogen (secondary N) is 1. The van der Waals surface area contributed by atoms with Crippen molar-refractivity contribution in [1.82, 2.24) is 5.32 Å². The van der Waals surface area contributed by atoms with Crippen molar-refractivity contribution in [2.75, 3.05) is 13.1 Å². The standard InChI is InChI=1S/C17H23N3/c1-2-3-11-19-17(18)20-12-10-14-8-9-15-6-4-5-7-16(15)13-14/h4-9,13H,2-3,10-12H2,1H3,(H3,18,19,20). The van der Waals surface area contributed by atoms with Crippen LogP contribution in [0.25, 0.3) is 10.8 Å². The van der Waals surface area contributed by atoms with Crippen LogP contribution in [0.15, 0.2) is 47.5 Å². The number of nitrogens with two attached hydrogens (primary N) is 1. The number of nitrogens with zero attached hydrogens (tertiary/aromatic N) is 1. The van der Waals surface area contributed by atoms with E-state index in [-0.39, 0.29) is 0 Å². The summed E-state index contributed by atoms with van der Waals surface area (Å²) in [6.07, 6.45) is 3.19. The van der Waals surface area contributed by atoms with E-state index in [9.17, 15) is 0 Å². The van der Waals surface area contributed by atoms with Crippen LogP contribution in [0.3, 0.4) is 0 Å². The minimum absolute atomic E-state index is 0.555. The summed E-state index contributed by atoms with van der Waals surface area (Å²) in [6.45, 7) is 3.78. The van der Waals surface area contributed by atoms with E-state index in [2.05, 4.69) is 59.7 Å². The van der Waals surface area contributed by atoms with Crippen molar-refractivity contribution in [3.63, 3.8) is 0 Å². The molecule has 0 bridgehead atoms. The van der Waals surface area contributed by atoms with Gasteiger partial charge in [0.05, 0.1) is 0 Å². The number of guanidine groups is 1. The molecule has 0 amide bonds. The van der Waals surface area contributed by atoms with Gasteiger partial charge in [0.2, 0.25) is 0 Å². The van der Waals surface area contributed by atoms with Crippen molar-refractivity contribution in [3.8, 4) is 0 Å². The SMILES string of the molecule is CCCCN=C(N)NCCc1ccc2ccccc2c1. The van der Waals surface area contributed by atoms with Crippen LogP contribution in [-0.2, 0) is 6.42 Å². The molecule has 0 saturated carbocycles. The summed E-state index contributed by atoms with van der Waals surface area (Å²) in [7, 11) is 0. The van der Waals surface area contributed by atoms with Crippen molar-refractivity contribution in [3.05, 3.63) is 48.0 Å². The van der Waals surface area contributed by atoms with Crippen LogP contribution in [0.2, 0.25) is 0 Å². The number of rotatable bonds is 6. The molecule has 0 fully saturated rings. The normalized spacial score (nSPS) is 11.8. The van der Waals surface area contributed by atoms with Gasteiger partial charge in [-0.15, -0.1) is 0 Å². The second kappa shape index (κ2) is 7.53. The summed E-state index contributed by atoms with van der Waals surface area (Å²) in [5, 5.41) is 5.73. The van der Waals surface area contributed by atoms with E-state index in [1.807, 2.05) is 0 Å². The first-order valence-electron chi connectivity index (χ1n) is 7.31. The maximum Gasteiger partial charge on any atom is 0.188 e. The van der Waals surface area contributed by atoms with Gasteiger partial charge in [-0.3, -0.25) is 4.99 Å². The minimum atomic E-state index is 0.555. The van der Waals surface area contributed by atoms with Crippen molar-refractivity contribution in [2.24, 2.45) is 10.7 Å². The second-order valence-electron chi connectivity index (χ2n) is 4.98. The van der Waals surface area contributed by atoms with E-state index in [4.69, 9.17) is 5.73 Å². The van der Waals surface area contributed by atoms with Crippen molar-refractivity contribution < 1.29 is 0 Å². The van der Waals surface area contributed by atoms with E-state index in [0.717, 1.165) is 32.4 Å². The van der Waals surface area contributed by atoms with E-state index in [0.29, 0.717) is 5.96 Å². The van der Waals surface area contributed by atoms with Gasteiger partial charge in [-0.1, -0.05) is 55.8 Å². The Morgan fingerprint density at radius 2 is 1.95 bits per heavy atom. The molecular weight excluding hydrogens is 246 g/mol. The molecule has 0 aromatic heterocycles. The first-order chi connectivity index (χ1) is 9.79. The highest BCUT2D eigenvalue weighted by Crippen LogP contribution is 2.15. The molecule has 0 saturated heterocycles. The summed E-state index contributed by atoms with van der Waals surface area (Å²) in [5.41, 5.74) is 7.13. The third kappa shape index (κ3) is 4.26. The van der Waals surface area contributed by atoms with Gasteiger partial charge in [0.1, 0.15) is 0 Å². The lowest BCUT2D eigenvalue weighted by Gasteiger charge is -2.07. The Hall–Kier alpha value is -2.03. The molecule has 0 radical (unpaired) electrons. The van der Waals surface area contributed by atoms with Crippen molar-refractivity contribution >= 4 is 16.7 Å². The highest BCUT2D eigenvalue weighted by atomic mass is 15.1. The Morgan fingerprint density at radius 1 is 1.15 bits per heavy atom. The smallest absolute Gasteiger partial charge is 0.188 e. The topological polar surface area (TPSA) is 50.4 Å². The van der Waals surface area contributed by atoms with Gasteiger partial charge in [-0.2, -0.15) is 0 Å². The van der Waals surface area contributed by atoms with Crippen LogP contribution < -0.4 is 11.1 Å². The van der Waals surface area contributed by atoms with Crippen molar-refractivity contribution in [1.29, 1.82) is 0 Å². The predicted octanol–water partition coefficient (Wildman–Crippen LogP) is 3.09. The molecule has 2 aromatic rings. The number of unbranched alkanes of at least 4 members (excludes halogenated alkanes) is 1. The highest BCUT2D eigenvalue weighted by Gasteiger charge is 1.97. The zero-order valence-corrected chi connectivity index (χ0v) is 12.1. The molecule has 0 aliphatic heterocycles. The summed E-state index contributed by atoms with van der Waals surface area (Å²) >= 11 is 0. The van der Waals surface area contributed by atoms with Crippen LogP contribution in [0, 0.1) is 0 Å². The lowest BCUT2D eigenvalue weighted by molar-refractivity contribution is 0.791. The average Bonchev–Trinajstić information content (AvgIpc) is 2.47. The average molecular weight is 269 g/mol. The molecule has 20 heavy (non-hydrogen) atoms. The largest absolute Gasteiger partial charge is 0.370 e. The Morgan fingerprint density at radius 3 is 2.75 bits per heavy atom. The molecule has 0 aliphatic rings. The predicted molar refractivity (Wildman–Crippen MR) is 87.1 cm³/mol. The quantitative estimate of drug-likeness (QED) is 0.481. The summed E-state index contributed by atoms with van der Waals surface area (Å²) < 4.78 is 0. The zero-order chi connectivity index (χ0) is 14.2. The van der Waals surface area contributed by atoms with Crippen LogP contribution in [-0.4, -0.2) is 19.0 Å². The third-order valence-electron chi connectivity index (χ3n) is 3.33. The summed E-state index contributed by atoms with van der Waals surface area (Å²) in [4.78, 5) is 4.28. The second-order valence-corrected chi connectivity index (χ2v) is 4.98. The fraction of sp³-hybridized carbons (Fsp3) is 0.353. The molecule has 3 nitrogen and oxygen atoms in total. The maximum absolute atomic E-state index is 5.81. The molecule has 2 rings (SSSR count). The molecule has 0 heterocycles. The lowest BCUT2D eigenvalue weighted by atomic mass is 10.1. The molecule has 0 spiro atoms. The number of fused-ring (bicyclic) bond motifs is 1. The van der Waals surface area contributed by atoms with Gasteiger partial charge >= 0.3 is 0 Å². The number of hydrogen-bond donors (Lipinski definition) is 2. The van der Waals surface area contributed by atoms with Gasteiger partial charge in [-0.25, -0.2) is 0 Å². The van der Waals surface area contributed by atoms with E-state index >= 15 is 0 Å². The third-order valence-corrected chi connectivity index (χ3v) is 3.33. The van der Waals surface area contributed by atoms with Crippen LogP contribution in [0.5, 0.6) is 0 Å². The highest BCUT2D eigenvalue weighted by molar-refractivity contribution is 5.83. The van der Waals surface area contributed by atoms with Gasteiger partial charge in [0, 0.05) is 13.1 Å². The molecule has 0 unspecified atom stereocenters. The van der Waals surface area contributed by atoms with Crippen molar-refractivity contribution in [2.45, 2.75) is 26.2 Å². The summed E-state index contributed by atoms with van der Waals surface area (Å²) in [6, 6.07) is 15.0. The van der Waals surface area contributed by atoms with Gasteiger partial charge in [0.25, 0.3) is 0 Å². The fourth-order valence-corrected chi connectivity index (χ4v) is 2.14. The van der Waals surface area contributed by atoms with Crippen LogP contribution >= 0.6 is 0 Å². The number of hydrogen-bond acceptors (Lipinski definition) is 1. The zero-order valence-electron chi connectivity index (χ0n) is 12.1. The molecule has 0 aliphatic carbocycles. The summed E-state index contributed by atoms with van der Waals surface area (Å²) in [5.74, 6) is 0.555. The Bertz CT molecular complexity index is 575. The Balaban J connectivity index is 1.85. The Labute approximate surface area is 120 Å². The molecule has 2 aromatic carbocycles. The fourth-order valence-electron chi connectivity index (χ4n) is 2.14. The molecule has 3 N–H and O–H groups in total.